The molecule has 1 heterocycles. The van der Waals surface area contributed by atoms with Gasteiger partial charge in [-0.25, -0.2) is 0 Å². The molecule has 1 rings (SSSR count). The second-order valence-electron chi connectivity index (χ2n) is 5.93. The van der Waals surface area contributed by atoms with Gasteiger partial charge in [0.25, 0.3) is 0 Å². The number of hydrogen-bond acceptors (Lipinski definition) is 3. The highest BCUT2D eigenvalue weighted by molar-refractivity contribution is 4.80. The van der Waals surface area contributed by atoms with Gasteiger partial charge in [-0.2, -0.15) is 0 Å². The number of likely N-dealkylation sites (N-methyl/N-ethyl adjacent to an activating group) is 1. The van der Waals surface area contributed by atoms with Crippen LogP contribution in [0.3, 0.4) is 0 Å². The molecule has 0 bridgehead atoms. The van der Waals surface area contributed by atoms with E-state index in [-0.39, 0.29) is 0 Å². The van der Waals surface area contributed by atoms with Gasteiger partial charge in [-0.05, 0) is 58.2 Å². The van der Waals surface area contributed by atoms with Crippen molar-refractivity contribution < 1.29 is 4.74 Å². The van der Waals surface area contributed by atoms with Crippen LogP contribution in [-0.4, -0.2) is 43.8 Å². The van der Waals surface area contributed by atoms with E-state index in [0.717, 1.165) is 25.6 Å². The number of nitrogens with two attached hydrogens (primary N) is 1. The van der Waals surface area contributed by atoms with Crippen LogP contribution in [0.15, 0.2) is 0 Å². The second-order valence-corrected chi connectivity index (χ2v) is 5.93. The van der Waals surface area contributed by atoms with Crippen molar-refractivity contribution in [2.75, 3.05) is 26.7 Å². The zero-order chi connectivity index (χ0) is 12.8. The Morgan fingerprint density at radius 1 is 1.41 bits per heavy atom. The van der Waals surface area contributed by atoms with Crippen molar-refractivity contribution in [3.8, 4) is 0 Å². The number of ether oxygens (including phenoxy) is 1. The Bertz CT molecular complexity index is 208. The SMILES string of the molecule is CC(C)CC(CN)CCN(C)C1CCOC1C. The molecule has 3 unspecified atom stereocenters. The van der Waals surface area contributed by atoms with Gasteiger partial charge in [-0.15, -0.1) is 0 Å². The first-order chi connectivity index (χ1) is 8.04. The second kappa shape index (κ2) is 7.34. The summed E-state index contributed by atoms with van der Waals surface area (Å²) < 4.78 is 5.62. The van der Waals surface area contributed by atoms with Crippen LogP contribution in [0.2, 0.25) is 0 Å². The lowest BCUT2D eigenvalue weighted by molar-refractivity contribution is 0.0814. The minimum Gasteiger partial charge on any atom is -0.377 e. The normalized spacial score (nSPS) is 27.0. The van der Waals surface area contributed by atoms with Crippen LogP contribution in [0, 0.1) is 11.8 Å². The van der Waals surface area contributed by atoms with Gasteiger partial charge in [0.1, 0.15) is 0 Å². The fourth-order valence-corrected chi connectivity index (χ4v) is 2.85. The van der Waals surface area contributed by atoms with Gasteiger partial charge >= 0.3 is 0 Å². The molecule has 3 atom stereocenters. The largest absolute Gasteiger partial charge is 0.377 e. The van der Waals surface area contributed by atoms with Crippen molar-refractivity contribution in [1.29, 1.82) is 0 Å². The summed E-state index contributed by atoms with van der Waals surface area (Å²) in [5.41, 5.74) is 5.84. The molecule has 17 heavy (non-hydrogen) atoms. The Balaban J connectivity index is 2.28. The van der Waals surface area contributed by atoms with Crippen molar-refractivity contribution in [2.24, 2.45) is 17.6 Å². The summed E-state index contributed by atoms with van der Waals surface area (Å²) in [5, 5.41) is 0. The van der Waals surface area contributed by atoms with Gasteiger partial charge in [0.05, 0.1) is 6.10 Å². The molecule has 1 aliphatic heterocycles. The van der Waals surface area contributed by atoms with Crippen molar-refractivity contribution in [2.45, 2.75) is 52.2 Å². The van der Waals surface area contributed by atoms with Crippen LogP contribution in [0.5, 0.6) is 0 Å². The van der Waals surface area contributed by atoms with Crippen molar-refractivity contribution >= 4 is 0 Å². The summed E-state index contributed by atoms with van der Waals surface area (Å²) in [6, 6.07) is 0.604. The van der Waals surface area contributed by atoms with E-state index in [1.54, 1.807) is 0 Å². The van der Waals surface area contributed by atoms with Crippen LogP contribution < -0.4 is 5.73 Å². The predicted octanol–water partition coefficient (Wildman–Crippen LogP) is 2.11. The van der Waals surface area contributed by atoms with Crippen molar-refractivity contribution in [3.63, 3.8) is 0 Å². The lowest BCUT2D eigenvalue weighted by Crippen LogP contribution is -2.38. The Labute approximate surface area is 107 Å². The molecule has 0 radical (unpaired) electrons. The molecule has 0 aromatic rings. The van der Waals surface area contributed by atoms with Gasteiger partial charge in [-0.3, -0.25) is 0 Å². The maximum atomic E-state index is 5.84. The molecule has 3 nitrogen and oxygen atoms in total. The molecule has 1 fully saturated rings. The number of hydrogen-bond donors (Lipinski definition) is 1. The molecule has 102 valence electrons. The maximum Gasteiger partial charge on any atom is 0.0702 e. The third-order valence-electron chi connectivity index (χ3n) is 3.93. The summed E-state index contributed by atoms with van der Waals surface area (Å²) >= 11 is 0. The summed E-state index contributed by atoms with van der Waals surface area (Å²) in [4.78, 5) is 2.46. The first kappa shape index (κ1) is 14.9. The third-order valence-corrected chi connectivity index (χ3v) is 3.93. The summed E-state index contributed by atoms with van der Waals surface area (Å²) in [5.74, 6) is 1.43. The van der Waals surface area contributed by atoms with Crippen LogP contribution in [0.25, 0.3) is 0 Å². The van der Waals surface area contributed by atoms with E-state index in [1.807, 2.05) is 0 Å². The molecular formula is C14H30N2O. The van der Waals surface area contributed by atoms with Crippen LogP contribution in [0.1, 0.15) is 40.0 Å². The van der Waals surface area contributed by atoms with Crippen molar-refractivity contribution in [3.05, 3.63) is 0 Å². The first-order valence-electron chi connectivity index (χ1n) is 7.06. The average Bonchev–Trinajstić information content (AvgIpc) is 2.69. The summed E-state index contributed by atoms with van der Waals surface area (Å²) in [6.45, 7) is 9.62. The van der Waals surface area contributed by atoms with E-state index in [0.29, 0.717) is 18.1 Å². The lowest BCUT2D eigenvalue weighted by atomic mass is 9.94. The molecule has 1 saturated heterocycles. The van der Waals surface area contributed by atoms with E-state index in [2.05, 4.69) is 32.7 Å². The monoisotopic (exact) mass is 242 g/mol. The van der Waals surface area contributed by atoms with E-state index in [4.69, 9.17) is 10.5 Å². The van der Waals surface area contributed by atoms with Crippen LogP contribution in [0.4, 0.5) is 0 Å². The molecular weight excluding hydrogens is 212 g/mol. The molecule has 0 aromatic heterocycles. The lowest BCUT2D eigenvalue weighted by Gasteiger charge is -2.28. The highest BCUT2D eigenvalue weighted by Gasteiger charge is 2.27. The smallest absolute Gasteiger partial charge is 0.0702 e. The fraction of sp³-hybridized carbons (Fsp3) is 1.00. The Kier molecular flexibility index (Phi) is 6.45. The quantitative estimate of drug-likeness (QED) is 0.743. The maximum absolute atomic E-state index is 5.84. The highest BCUT2D eigenvalue weighted by atomic mass is 16.5. The van der Waals surface area contributed by atoms with Gasteiger partial charge in [0.15, 0.2) is 0 Å². The van der Waals surface area contributed by atoms with Gasteiger partial charge in [0.2, 0.25) is 0 Å². The third kappa shape index (κ3) is 4.94. The first-order valence-corrected chi connectivity index (χ1v) is 7.06. The van der Waals surface area contributed by atoms with E-state index in [1.165, 1.54) is 19.3 Å². The Morgan fingerprint density at radius 3 is 2.59 bits per heavy atom. The molecule has 3 heteroatoms. The highest BCUT2D eigenvalue weighted by Crippen LogP contribution is 2.20. The Morgan fingerprint density at radius 2 is 2.12 bits per heavy atom. The van der Waals surface area contributed by atoms with Gasteiger partial charge in [-0.1, -0.05) is 13.8 Å². The standard InChI is InChI=1S/C14H30N2O/c1-11(2)9-13(10-15)5-7-16(4)14-6-8-17-12(14)3/h11-14H,5-10,15H2,1-4H3. The Hall–Kier alpha value is -0.120. The molecule has 0 amide bonds. The summed E-state index contributed by atoms with van der Waals surface area (Å²) in [6.07, 6.45) is 4.03. The zero-order valence-electron chi connectivity index (χ0n) is 12.0. The predicted molar refractivity (Wildman–Crippen MR) is 73.1 cm³/mol. The summed E-state index contributed by atoms with van der Waals surface area (Å²) in [7, 11) is 2.22. The van der Waals surface area contributed by atoms with Gasteiger partial charge < -0.3 is 15.4 Å². The van der Waals surface area contributed by atoms with Crippen LogP contribution >= 0.6 is 0 Å². The van der Waals surface area contributed by atoms with E-state index in [9.17, 15) is 0 Å². The molecule has 0 spiro atoms. The molecule has 1 aliphatic rings. The molecule has 0 saturated carbocycles. The van der Waals surface area contributed by atoms with E-state index >= 15 is 0 Å². The minimum absolute atomic E-state index is 0.390. The van der Waals surface area contributed by atoms with Crippen LogP contribution in [-0.2, 0) is 4.74 Å². The van der Waals surface area contributed by atoms with Crippen molar-refractivity contribution in [1.82, 2.24) is 4.90 Å². The number of nitrogens with zero attached hydrogens (tertiary/aromatic N) is 1. The fourth-order valence-electron chi connectivity index (χ4n) is 2.85. The zero-order valence-corrected chi connectivity index (χ0v) is 12.0. The topological polar surface area (TPSA) is 38.5 Å². The number of rotatable bonds is 7. The van der Waals surface area contributed by atoms with E-state index < -0.39 is 0 Å². The average molecular weight is 242 g/mol. The molecule has 2 N–H and O–H groups in total. The minimum atomic E-state index is 0.390. The van der Waals surface area contributed by atoms with Gasteiger partial charge in [0, 0.05) is 12.6 Å². The molecule has 0 aliphatic carbocycles. The molecule has 0 aromatic carbocycles.